The fraction of sp³-hybridized carbons (Fsp3) is 0.0714. The minimum Gasteiger partial charge on any atom is -0.264 e. The summed E-state index contributed by atoms with van der Waals surface area (Å²) in [6.45, 7) is 1.95. The van der Waals surface area contributed by atoms with Gasteiger partial charge in [0.15, 0.2) is 0 Å². The smallest absolute Gasteiger partial charge is 0.128 e. The maximum atomic E-state index is 4.46. The molecule has 18 heavy (non-hydrogen) atoms. The number of imidazole rings is 1. The molecule has 3 aromatic rings. The van der Waals surface area contributed by atoms with Crippen molar-refractivity contribution >= 4 is 17.2 Å². The molecule has 0 aliphatic heterocycles. The fourth-order valence-corrected chi connectivity index (χ4v) is 1.86. The third-order valence-electron chi connectivity index (χ3n) is 2.71. The summed E-state index contributed by atoms with van der Waals surface area (Å²) >= 11 is 0. The zero-order chi connectivity index (χ0) is 12.4. The summed E-state index contributed by atoms with van der Waals surface area (Å²) in [5, 5.41) is 4.45. The van der Waals surface area contributed by atoms with Crippen molar-refractivity contribution in [3.05, 3.63) is 60.2 Å². The Morgan fingerprint density at radius 2 is 2.06 bits per heavy atom. The van der Waals surface area contributed by atoms with Crippen molar-refractivity contribution in [2.45, 2.75) is 6.92 Å². The first-order valence-electron chi connectivity index (χ1n) is 5.73. The van der Waals surface area contributed by atoms with Gasteiger partial charge < -0.3 is 0 Å². The van der Waals surface area contributed by atoms with Gasteiger partial charge in [0, 0.05) is 18.0 Å². The van der Waals surface area contributed by atoms with Crippen LogP contribution in [0, 0.1) is 6.92 Å². The van der Waals surface area contributed by atoms with Crippen molar-refractivity contribution in [1.82, 2.24) is 14.6 Å². The minimum absolute atomic E-state index is 0.872. The highest BCUT2D eigenvalue weighted by Crippen LogP contribution is 2.14. The molecule has 0 fully saturated rings. The molecule has 2 heterocycles. The zero-order valence-electron chi connectivity index (χ0n) is 9.99. The molecule has 0 spiro atoms. The van der Waals surface area contributed by atoms with Gasteiger partial charge in [-0.05, 0) is 25.1 Å². The van der Waals surface area contributed by atoms with Gasteiger partial charge in [0.25, 0.3) is 0 Å². The summed E-state index contributed by atoms with van der Waals surface area (Å²) in [5.74, 6) is 0.872. The van der Waals surface area contributed by atoms with Crippen LogP contribution in [0.25, 0.3) is 11.0 Å². The highest BCUT2D eigenvalue weighted by molar-refractivity contribution is 5.81. The highest BCUT2D eigenvalue weighted by atomic mass is 15.4. The largest absolute Gasteiger partial charge is 0.264 e. The summed E-state index contributed by atoms with van der Waals surface area (Å²) < 4.78 is 1.84. The Morgan fingerprint density at radius 1 is 1.17 bits per heavy atom. The molecule has 2 aromatic heterocycles. The third-order valence-corrected chi connectivity index (χ3v) is 2.71. The average molecular weight is 236 g/mol. The normalized spacial score (nSPS) is 11.4. The molecular formula is C14H12N4. The Kier molecular flexibility index (Phi) is 2.61. The van der Waals surface area contributed by atoms with Gasteiger partial charge in [-0.25, -0.2) is 9.66 Å². The molecule has 0 saturated heterocycles. The van der Waals surface area contributed by atoms with E-state index in [1.165, 1.54) is 0 Å². The number of hydrogen-bond donors (Lipinski definition) is 0. The molecule has 0 atom stereocenters. The Hall–Kier alpha value is -2.49. The van der Waals surface area contributed by atoms with Crippen molar-refractivity contribution in [3.8, 4) is 0 Å². The molecule has 0 aliphatic rings. The first-order valence-corrected chi connectivity index (χ1v) is 5.73. The van der Waals surface area contributed by atoms with Crippen LogP contribution in [0.15, 0.2) is 53.9 Å². The molecule has 0 N–H and O–H groups in total. The lowest BCUT2D eigenvalue weighted by molar-refractivity contribution is 0.859. The van der Waals surface area contributed by atoms with Crippen LogP contribution < -0.4 is 0 Å². The Bertz CT molecular complexity index is 698. The van der Waals surface area contributed by atoms with Crippen LogP contribution in [0.5, 0.6) is 0 Å². The van der Waals surface area contributed by atoms with Crippen LogP contribution in [-0.4, -0.2) is 20.9 Å². The molecule has 0 saturated carbocycles. The van der Waals surface area contributed by atoms with E-state index >= 15 is 0 Å². The summed E-state index contributed by atoms with van der Waals surface area (Å²) in [7, 11) is 0. The van der Waals surface area contributed by atoms with Gasteiger partial charge in [0.05, 0.1) is 17.2 Å². The van der Waals surface area contributed by atoms with Crippen LogP contribution in [0.1, 0.15) is 11.4 Å². The molecule has 0 bridgehead atoms. The van der Waals surface area contributed by atoms with Crippen molar-refractivity contribution in [2.75, 3.05) is 0 Å². The van der Waals surface area contributed by atoms with E-state index in [4.69, 9.17) is 0 Å². The maximum Gasteiger partial charge on any atom is 0.128 e. The van der Waals surface area contributed by atoms with Crippen molar-refractivity contribution in [1.29, 1.82) is 0 Å². The monoisotopic (exact) mass is 236 g/mol. The molecule has 0 aliphatic carbocycles. The van der Waals surface area contributed by atoms with E-state index in [0.717, 1.165) is 22.4 Å². The van der Waals surface area contributed by atoms with Gasteiger partial charge >= 0.3 is 0 Å². The summed E-state index contributed by atoms with van der Waals surface area (Å²) in [4.78, 5) is 8.51. The summed E-state index contributed by atoms with van der Waals surface area (Å²) in [6, 6.07) is 11.8. The number of pyridine rings is 1. The van der Waals surface area contributed by atoms with E-state index in [-0.39, 0.29) is 0 Å². The van der Waals surface area contributed by atoms with Crippen LogP contribution in [0.3, 0.4) is 0 Å². The molecule has 0 unspecified atom stereocenters. The lowest BCUT2D eigenvalue weighted by Crippen LogP contribution is -1.93. The SMILES string of the molecule is Cc1nc2ccccc2n1/N=C\c1cccnc1. The van der Waals surface area contributed by atoms with Crippen LogP contribution in [0.2, 0.25) is 0 Å². The summed E-state index contributed by atoms with van der Waals surface area (Å²) in [5.41, 5.74) is 2.93. The van der Waals surface area contributed by atoms with E-state index in [2.05, 4.69) is 15.1 Å². The van der Waals surface area contributed by atoms with E-state index in [1.807, 2.05) is 48.0 Å². The molecule has 4 heteroatoms. The standard InChI is InChI=1S/C14H12N4/c1-11-17-13-6-2-3-7-14(13)18(11)16-10-12-5-4-8-15-9-12/h2-10H,1H3/b16-10-. The average Bonchev–Trinajstić information content (AvgIpc) is 2.73. The van der Waals surface area contributed by atoms with Gasteiger partial charge in [0.2, 0.25) is 0 Å². The fourth-order valence-electron chi connectivity index (χ4n) is 1.86. The van der Waals surface area contributed by atoms with E-state index in [0.29, 0.717) is 0 Å². The van der Waals surface area contributed by atoms with E-state index < -0.39 is 0 Å². The molecule has 0 amide bonds. The highest BCUT2D eigenvalue weighted by Gasteiger charge is 2.04. The number of aryl methyl sites for hydroxylation is 1. The van der Waals surface area contributed by atoms with Gasteiger partial charge in [-0.3, -0.25) is 4.98 Å². The van der Waals surface area contributed by atoms with Crippen LogP contribution in [0.4, 0.5) is 0 Å². The molecule has 4 nitrogen and oxygen atoms in total. The van der Waals surface area contributed by atoms with Crippen molar-refractivity contribution < 1.29 is 0 Å². The van der Waals surface area contributed by atoms with E-state index in [1.54, 1.807) is 18.6 Å². The van der Waals surface area contributed by atoms with Gasteiger partial charge in [-0.1, -0.05) is 18.2 Å². The second-order valence-corrected chi connectivity index (χ2v) is 3.99. The third kappa shape index (κ3) is 1.88. The topological polar surface area (TPSA) is 43.1 Å². The van der Waals surface area contributed by atoms with Gasteiger partial charge in [0.1, 0.15) is 5.82 Å². The van der Waals surface area contributed by atoms with Crippen molar-refractivity contribution in [2.24, 2.45) is 5.10 Å². The zero-order valence-corrected chi connectivity index (χ0v) is 9.99. The minimum atomic E-state index is 0.872. The first kappa shape index (κ1) is 10.7. The number of para-hydroxylation sites is 2. The number of aromatic nitrogens is 3. The molecular weight excluding hydrogens is 224 g/mol. The number of fused-ring (bicyclic) bond motifs is 1. The number of rotatable bonds is 2. The molecule has 88 valence electrons. The maximum absolute atomic E-state index is 4.46. The second kappa shape index (κ2) is 4.41. The first-order chi connectivity index (χ1) is 8.84. The molecule has 1 aromatic carbocycles. The molecule has 0 radical (unpaired) electrons. The lowest BCUT2D eigenvalue weighted by atomic mass is 10.3. The number of nitrogens with zero attached hydrogens (tertiary/aromatic N) is 4. The predicted molar refractivity (Wildman–Crippen MR) is 71.7 cm³/mol. The Morgan fingerprint density at radius 3 is 2.89 bits per heavy atom. The number of benzene rings is 1. The van der Waals surface area contributed by atoms with Gasteiger partial charge in [-0.2, -0.15) is 5.10 Å². The Balaban J connectivity index is 2.05. The number of hydrogen-bond acceptors (Lipinski definition) is 3. The van der Waals surface area contributed by atoms with Crippen LogP contribution >= 0.6 is 0 Å². The lowest BCUT2D eigenvalue weighted by Gasteiger charge is -1.98. The molecule has 3 rings (SSSR count). The quantitative estimate of drug-likeness (QED) is 0.642. The second-order valence-electron chi connectivity index (χ2n) is 3.99. The van der Waals surface area contributed by atoms with Gasteiger partial charge in [-0.15, -0.1) is 0 Å². The van der Waals surface area contributed by atoms with E-state index in [9.17, 15) is 0 Å². The summed E-state index contributed by atoms with van der Waals surface area (Å²) in [6.07, 6.45) is 5.31. The predicted octanol–water partition coefficient (Wildman–Crippen LogP) is 2.62. The van der Waals surface area contributed by atoms with Crippen LogP contribution in [-0.2, 0) is 0 Å². The Labute approximate surface area is 105 Å². The van der Waals surface area contributed by atoms with Crippen molar-refractivity contribution in [3.63, 3.8) is 0 Å².